The number of carbonyl (C=O) groups is 1. The fourth-order valence-corrected chi connectivity index (χ4v) is 5.82. The van der Waals surface area contributed by atoms with Gasteiger partial charge in [0.05, 0.1) is 57.5 Å². The van der Waals surface area contributed by atoms with Gasteiger partial charge >= 0.3 is 5.97 Å². The molecule has 0 spiro atoms. The van der Waals surface area contributed by atoms with Crippen molar-refractivity contribution in [3.63, 3.8) is 0 Å². The highest BCUT2D eigenvalue weighted by Crippen LogP contribution is 2.41. The van der Waals surface area contributed by atoms with Crippen LogP contribution in [0.25, 0.3) is 6.08 Å². The lowest BCUT2D eigenvalue weighted by Crippen LogP contribution is -2.40. The molecule has 12 heteroatoms. The van der Waals surface area contributed by atoms with Crippen LogP contribution in [-0.2, 0) is 14.3 Å². The Morgan fingerprint density at radius 3 is 2.26 bits per heavy atom. The van der Waals surface area contributed by atoms with E-state index in [9.17, 15) is 9.59 Å². The zero-order valence-corrected chi connectivity index (χ0v) is 26.2. The van der Waals surface area contributed by atoms with E-state index in [1.54, 1.807) is 44.4 Å². The molecule has 0 aliphatic carbocycles. The molecule has 230 valence electrons. The van der Waals surface area contributed by atoms with Gasteiger partial charge in [0.1, 0.15) is 12.6 Å². The molecule has 1 aliphatic heterocycles. The molecule has 0 saturated carbocycles. The van der Waals surface area contributed by atoms with Gasteiger partial charge in [0.2, 0.25) is 5.75 Å². The fourth-order valence-electron chi connectivity index (χ4n) is 4.78. The predicted octanol–water partition coefficient (Wildman–Crippen LogP) is 3.25. The summed E-state index contributed by atoms with van der Waals surface area (Å²) >= 11 is 1.20. The number of esters is 1. The Morgan fingerprint density at radius 1 is 0.953 bits per heavy atom. The van der Waals surface area contributed by atoms with E-state index in [0.29, 0.717) is 61.5 Å². The van der Waals surface area contributed by atoms with Gasteiger partial charge in [-0.25, -0.2) is 9.79 Å². The summed E-state index contributed by atoms with van der Waals surface area (Å²) in [6.07, 6.45) is 2.47. The Morgan fingerprint density at radius 2 is 1.65 bits per heavy atom. The second-order valence-corrected chi connectivity index (χ2v) is 10.4. The molecule has 0 N–H and O–H groups in total. The maximum Gasteiger partial charge on any atom is 0.338 e. The van der Waals surface area contributed by atoms with Crippen molar-refractivity contribution in [1.82, 2.24) is 4.57 Å². The number of para-hydroxylation sites is 1. The maximum atomic E-state index is 14.2. The minimum atomic E-state index is -0.893. The molecule has 0 saturated heterocycles. The summed E-state index contributed by atoms with van der Waals surface area (Å²) in [4.78, 5) is 32.8. The molecule has 1 aliphatic rings. The van der Waals surface area contributed by atoms with Crippen LogP contribution in [0.15, 0.2) is 51.4 Å². The zero-order valence-electron chi connectivity index (χ0n) is 25.3. The number of fused-ring (bicyclic) bond motifs is 1. The monoisotopic (exact) mass is 612 g/mol. The van der Waals surface area contributed by atoms with Gasteiger partial charge in [-0.15, -0.1) is 0 Å². The summed E-state index contributed by atoms with van der Waals surface area (Å²) in [7, 11) is 7.64. The van der Waals surface area contributed by atoms with E-state index in [0.717, 1.165) is 6.42 Å². The Hall–Kier alpha value is -4.29. The van der Waals surface area contributed by atoms with Crippen LogP contribution in [-0.4, -0.2) is 65.9 Å². The number of benzene rings is 2. The third-order valence-corrected chi connectivity index (χ3v) is 7.70. The van der Waals surface area contributed by atoms with Crippen molar-refractivity contribution >= 4 is 23.4 Å². The first kappa shape index (κ1) is 31.6. The van der Waals surface area contributed by atoms with Crippen molar-refractivity contribution < 1.29 is 38.0 Å². The molecule has 1 atom stereocenters. The number of thiazole rings is 1. The van der Waals surface area contributed by atoms with Gasteiger partial charge in [-0.3, -0.25) is 9.36 Å². The largest absolute Gasteiger partial charge is 0.493 e. The van der Waals surface area contributed by atoms with E-state index in [1.165, 1.54) is 44.3 Å². The SMILES string of the molecule is CCCOc1c(OC)cccc1[C@H]1C(C(=O)OCCOC)=C(C)N=c2s/c(=C/c3cc(OC)c(OC)c(OC)c3)c(=O)n21. The summed E-state index contributed by atoms with van der Waals surface area (Å²) in [6, 6.07) is 7.99. The van der Waals surface area contributed by atoms with Gasteiger partial charge in [-0.1, -0.05) is 30.4 Å². The van der Waals surface area contributed by atoms with Crippen LogP contribution >= 0.6 is 11.3 Å². The quantitative estimate of drug-likeness (QED) is 0.212. The predicted molar refractivity (Wildman–Crippen MR) is 161 cm³/mol. The summed E-state index contributed by atoms with van der Waals surface area (Å²) in [5, 5.41) is 0. The van der Waals surface area contributed by atoms with Crippen molar-refractivity contribution in [2.75, 3.05) is 55.4 Å². The third kappa shape index (κ3) is 6.40. The molecule has 0 unspecified atom stereocenters. The van der Waals surface area contributed by atoms with Crippen LogP contribution < -0.4 is 38.6 Å². The van der Waals surface area contributed by atoms with Crippen LogP contribution in [0.4, 0.5) is 0 Å². The molecule has 0 radical (unpaired) electrons. The normalized spacial score (nSPS) is 14.6. The van der Waals surface area contributed by atoms with E-state index >= 15 is 0 Å². The minimum absolute atomic E-state index is 0.0433. The number of ether oxygens (including phenoxy) is 7. The standard InChI is InChI=1S/C31H36N2O9S/c1-8-12-41-27-20(10-9-11-21(27)37-4)26-25(30(35)42-14-13-36-3)18(2)32-31-33(26)29(34)24(43-31)17-19-15-22(38-5)28(40-7)23(16-19)39-6/h9-11,15-17,26H,8,12-14H2,1-7H3/b24-17+/t26-/m0/s1. The second kappa shape index (κ2) is 14.3. The van der Waals surface area contributed by atoms with E-state index in [-0.39, 0.29) is 24.3 Å². The molecule has 0 fully saturated rings. The minimum Gasteiger partial charge on any atom is -0.493 e. The summed E-state index contributed by atoms with van der Waals surface area (Å²) in [5.74, 6) is 1.65. The van der Waals surface area contributed by atoms with Crippen molar-refractivity contribution in [3.8, 4) is 28.7 Å². The van der Waals surface area contributed by atoms with Crippen LogP contribution in [0.3, 0.4) is 0 Å². The summed E-state index contributed by atoms with van der Waals surface area (Å²) in [6.45, 7) is 4.39. The lowest BCUT2D eigenvalue weighted by atomic mass is 9.94. The van der Waals surface area contributed by atoms with Gasteiger partial charge in [-0.2, -0.15) is 0 Å². The molecule has 4 rings (SSSR count). The van der Waals surface area contributed by atoms with Gasteiger partial charge in [0.25, 0.3) is 5.56 Å². The zero-order chi connectivity index (χ0) is 31.1. The molecule has 2 heterocycles. The number of hydrogen-bond acceptors (Lipinski definition) is 11. The Labute approximate surface area is 253 Å². The highest BCUT2D eigenvalue weighted by Gasteiger charge is 2.36. The van der Waals surface area contributed by atoms with Crippen LogP contribution in [0, 0.1) is 0 Å². The lowest BCUT2D eigenvalue weighted by Gasteiger charge is -2.27. The van der Waals surface area contributed by atoms with E-state index in [2.05, 4.69) is 4.99 Å². The van der Waals surface area contributed by atoms with Gasteiger partial charge in [0.15, 0.2) is 27.8 Å². The van der Waals surface area contributed by atoms with Crippen molar-refractivity contribution in [2.24, 2.45) is 4.99 Å². The van der Waals surface area contributed by atoms with Crippen molar-refractivity contribution in [2.45, 2.75) is 26.3 Å². The number of allylic oxidation sites excluding steroid dienone is 1. The average molecular weight is 613 g/mol. The van der Waals surface area contributed by atoms with Gasteiger partial charge in [-0.05, 0) is 43.2 Å². The highest BCUT2D eigenvalue weighted by atomic mass is 32.1. The second-order valence-electron chi connectivity index (χ2n) is 9.40. The number of carbonyl (C=O) groups excluding carboxylic acids is 1. The summed E-state index contributed by atoms with van der Waals surface area (Å²) in [5.41, 5.74) is 1.52. The number of rotatable bonds is 13. The number of nitrogens with zero attached hydrogens (tertiary/aromatic N) is 2. The first-order valence-corrected chi connectivity index (χ1v) is 14.4. The van der Waals surface area contributed by atoms with Crippen LogP contribution in [0.2, 0.25) is 0 Å². The number of aromatic nitrogens is 1. The maximum absolute atomic E-state index is 14.2. The molecule has 3 aromatic rings. The molecule has 2 aromatic carbocycles. The molecule has 1 aromatic heterocycles. The van der Waals surface area contributed by atoms with Crippen molar-refractivity contribution in [3.05, 3.63) is 72.4 Å². The van der Waals surface area contributed by atoms with E-state index in [1.807, 2.05) is 13.0 Å². The fraction of sp³-hybridized carbons (Fsp3) is 0.387. The topological polar surface area (TPSA) is 116 Å². The third-order valence-electron chi connectivity index (χ3n) is 6.72. The smallest absolute Gasteiger partial charge is 0.338 e. The molecule has 43 heavy (non-hydrogen) atoms. The van der Waals surface area contributed by atoms with Crippen molar-refractivity contribution in [1.29, 1.82) is 0 Å². The molecule has 11 nitrogen and oxygen atoms in total. The number of hydrogen-bond donors (Lipinski definition) is 0. The Bertz CT molecular complexity index is 1660. The first-order valence-electron chi connectivity index (χ1n) is 13.6. The molecular weight excluding hydrogens is 576 g/mol. The van der Waals surface area contributed by atoms with Gasteiger partial charge in [0, 0.05) is 12.7 Å². The average Bonchev–Trinajstić information content (AvgIpc) is 3.32. The van der Waals surface area contributed by atoms with Gasteiger partial charge < -0.3 is 33.2 Å². The first-order chi connectivity index (χ1) is 20.8. The highest BCUT2D eigenvalue weighted by molar-refractivity contribution is 7.07. The number of methoxy groups -OCH3 is 5. The Balaban J connectivity index is 1.97. The van der Waals surface area contributed by atoms with Crippen LogP contribution in [0.1, 0.15) is 37.4 Å². The van der Waals surface area contributed by atoms with E-state index < -0.39 is 12.0 Å². The lowest BCUT2D eigenvalue weighted by molar-refractivity contribution is -0.140. The van der Waals surface area contributed by atoms with Crippen LogP contribution in [0.5, 0.6) is 28.7 Å². The Kier molecular flexibility index (Phi) is 10.5. The molecule has 0 bridgehead atoms. The molecule has 0 amide bonds. The molecular formula is C31H36N2O9S. The summed E-state index contributed by atoms with van der Waals surface area (Å²) < 4.78 is 40.7. The van der Waals surface area contributed by atoms with E-state index in [4.69, 9.17) is 33.2 Å².